The van der Waals surface area contributed by atoms with E-state index in [1.165, 1.54) is 34.9 Å². The van der Waals surface area contributed by atoms with Gasteiger partial charge in [-0.05, 0) is 43.4 Å². The Morgan fingerprint density at radius 1 is 1.29 bits per heavy atom. The van der Waals surface area contributed by atoms with Gasteiger partial charge in [-0.3, -0.25) is 4.79 Å². The summed E-state index contributed by atoms with van der Waals surface area (Å²) in [6.45, 7) is 4.79. The van der Waals surface area contributed by atoms with Gasteiger partial charge in [0.05, 0.1) is 5.69 Å². The normalized spacial score (nSPS) is 16.1. The first-order valence-electron chi connectivity index (χ1n) is 9.10. The Morgan fingerprint density at radius 3 is 2.82 bits per heavy atom. The molecule has 6 nitrogen and oxygen atoms in total. The van der Waals surface area contributed by atoms with Gasteiger partial charge in [0, 0.05) is 59.1 Å². The molecule has 0 fully saturated rings. The molecule has 0 aliphatic carbocycles. The van der Waals surface area contributed by atoms with Crippen LogP contribution in [-0.2, 0) is 19.4 Å². The van der Waals surface area contributed by atoms with E-state index in [1.54, 1.807) is 0 Å². The lowest BCUT2D eigenvalue weighted by Crippen LogP contribution is -2.25. The molecule has 5 rings (SSSR count). The number of benzene rings is 1. The molecule has 1 N–H and O–H groups in total. The molecule has 4 heterocycles. The summed E-state index contributed by atoms with van der Waals surface area (Å²) in [5.74, 6) is -0.290. The smallest absolute Gasteiger partial charge is 0.341 e. The highest BCUT2D eigenvalue weighted by Crippen LogP contribution is 2.48. The zero-order chi connectivity index (χ0) is 19.6. The van der Waals surface area contributed by atoms with Crippen LogP contribution in [0.3, 0.4) is 0 Å². The third kappa shape index (κ3) is 2.50. The molecule has 7 heteroatoms. The molecule has 0 saturated carbocycles. The molecule has 0 saturated heterocycles. The van der Waals surface area contributed by atoms with Crippen molar-refractivity contribution in [3.63, 3.8) is 0 Å². The Morgan fingerprint density at radius 2 is 2.11 bits per heavy atom. The van der Waals surface area contributed by atoms with E-state index in [0.29, 0.717) is 6.54 Å². The zero-order valence-electron chi connectivity index (χ0n) is 15.5. The SMILES string of the molecule is CC1(C)Cc2c3c(cc(-c4cnsc4)c2O1)-c1cc(=O)c(C(=O)O)cn1CC3. The highest BCUT2D eigenvalue weighted by atomic mass is 32.1. The fraction of sp³-hybridized carbons (Fsp3) is 0.286. The summed E-state index contributed by atoms with van der Waals surface area (Å²) in [4.78, 5) is 23.7. The number of nitrogens with zero attached hydrogens (tertiary/aromatic N) is 2. The van der Waals surface area contributed by atoms with E-state index >= 15 is 0 Å². The average Bonchev–Trinajstić information content (AvgIpc) is 3.26. The third-order valence-corrected chi connectivity index (χ3v) is 6.04. The quantitative estimate of drug-likeness (QED) is 0.718. The van der Waals surface area contributed by atoms with E-state index in [4.69, 9.17) is 4.74 Å². The van der Waals surface area contributed by atoms with Crippen LogP contribution in [0.25, 0.3) is 22.4 Å². The van der Waals surface area contributed by atoms with Gasteiger partial charge in [-0.2, -0.15) is 0 Å². The van der Waals surface area contributed by atoms with E-state index in [1.807, 2.05) is 16.1 Å². The topological polar surface area (TPSA) is 81.4 Å². The molecule has 0 atom stereocenters. The van der Waals surface area contributed by atoms with Crippen molar-refractivity contribution < 1.29 is 14.6 Å². The largest absolute Gasteiger partial charge is 0.487 e. The van der Waals surface area contributed by atoms with Crippen LogP contribution in [-0.4, -0.2) is 25.6 Å². The molecule has 2 aliphatic heterocycles. The van der Waals surface area contributed by atoms with Crippen LogP contribution in [0.15, 0.2) is 34.7 Å². The van der Waals surface area contributed by atoms with Gasteiger partial charge in [0.1, 0.15) is 16.9 Å². The molecule has 2 aliphatic rings. The Balaban J connectivity index is 1.80. The van der Waals surface area contributed by atoms with E-state index < -0.39 is 11.4 Å². The lowest BCUT2D eigenvalue weighted by atomic mass is 9.86. The summed E-state index contributed by atoms with van der Waals surface area (Å²) in [7, 11) is 0. The van der Waals surface area contributed by atoms with Crippen molar-refractivity contribution in [3.05, 3.63) is 56.8 Å². The second kappa shape index (κ2) is 5.78. The summed E-state index contributed by atoms with van der Waals surface area (Å²) in [6.07, 6.45) is 4.86. The maximum absolute atomic E-state index is 12.4. The maximum atomic E-state index is 12.4. The molecule has 0 unspecified atom stereocenters. The minimum Gasteiger partial charge on any atom is -0.487 e. The van der Waals surface area contributed by atoms with Crippen molar-refractivity contribution in [2.24, 2.45) is 0 Å². The lowest BCUT2D eigenvalue weighted by molar-refractivity contribution is 0.0694. The average molecular weight is 394 g/mol. The summed E-state index contributed by atoms with van der Waals surface area (Å²) >= 11 is 1.38. The number of aryl methyl sites for hydroxylation is 1. The van der Waals surface area contributed by atoms with Crippen LogP contribution in [0.4, 0.5) is 0 Å². The van der Waals surface area contributed by atoms with Crippen molar-refractivity contribution in [1.29, 1.82) is 0 Å². The van der Waals surface area contributed by atoms with Crippen molar-refractivity contribution in [1.82, 2.24) is 8.94 Å². The number of rotatable bonds is 2. The van der Waals surface area contributed by atoms with Gasteiger partial charge in [0.15, 0.2) is 5.43 Å². The number of carboxylic acid groups (broad SMARTS) is 1. The molecular weight excluding hydrogens is 376 g/mol. The second-order valence-electron chi connectivity index (χ2n) is 7.89. The van der Waals surface area contributed by atoms with Crippen LogP contribution in [0, 0.1) is 0 Å². The number of carboxylic acids is 1. The highest BCUT2D eigenvalue weighted by molar-refractivity contribution is 7.03. The van der Waals surface area contributed by atoms with Gasteiger partial charge >= 0.3 is 5.97 Å². The molecule has 2 aromatic heterocycles. The predicted molar refractivity (Wildman–Crippen MR) is 106 cm³/mol. The third-order valence-electron chi connectivity index (χ3n) is 5.46. The monoisotopic (exact) mass is 394 g/mol. The van der Waals surface area contributed by atoms with E-state index in [0.717, 1.165) is 41.0 Å². The summed E-state index contributed by atoms with van der Waals surface area (Å²) < 4.78 is 12.4. The van der Waals surface area contributed by atoms with Crippen molar-refractivity contribution in [3.8, 4) is 28.1 Å². The highest BCUT2D eigenvalue weighted by Gasteiger charge is 2.36. The standard InChI is InChI=1S/C21H18N2O4S/c1-21(2)7-15-12-3-4-23-9-16(20(25)26)18(24)6-17(23)14(12)5-13(19(15)27-21)11-8-22-28-10-11/h5-6,8-10H,3-4,7H2,1-2H3,(H,25,26). The summed E-state index contributed by atoms with van der Waals surface area (Å²) in [5.41, 5.74) is 5.11. The number of ether oxygens (including phenoxy) is 1. The van der Waals surface area contributed by atoms with Crippen LogP contribution >= 0.6 is 11.5 Å². The molecule has 0 spiro atoms. The number of aromatic carboxylic acids is 1. The van der Waals surface area contributed by atoms with Crippen LogP contribution in [0.5, 0.6) is 5.75 Å². The molecule has 0 bridgehead atoms. The Hall–Kier alpha value is -2.93. The van der Waals surface area contributed by atoms with Crippen molar-refractivity contribution in [2.45, 2.75) is 38.8 Å². The predicted octanol–water partition coefficient (Wildman–Crippen LogP) is 3.61. The first kappa shape index (κ1) is 17.2. The van der Waals surface area contributed by atoms with Gasteiger partial charge in [-0.1, -0.05) is 0 Å². The molecule has 0 amide bonds. The summed E-state index contributed by atoms with van der Waals surface area (Å²) in [6, 6.07) is 3.51. The first-order chi connectivity index (χ1) is 13.3. The molecule has 1 aromatic carbocycles. The Kier molecular flexibility index (Phi) is 3.55. The second-order valence-corrected chi connectivity index (χ2v) is 8.55. The molecule has 3 aromatic rings. The fourth-order valence-corrected chi connectivity index (χ4v) is 4.79. The number of carbonyl (C=O) groups is 1. The van der Waals surface area contributed by atoms with Crippen LogP contribution < -0.4 is 10.2 Å². The maximum Gasteiger partial charge on any atom is 0.341 e. The van der Waals surface area contributed by atoms with Gasteiger partial charge < -0.3 is 14.4 Å². The zero-order valence-corrected chi connectivity index (χ0v) is 16.3. The van der Waals surface area contributed by atoms with Gasteiger partial charge in [-0.15, -0.1) is 0 Å². The lowest BCUT2D eigenvalue weighted by Gasteiger charge is -2.25. The minimum atomic E-state index is -1.19. The number of hydrogen-bond acceptors (Lipinski definition) is 5. The molecule has 0 radical (unpaired) electrons. The molecule has 142 valence electrons. The number of aromatic nitrogens is 2. The van der Waals surface area contributed by atoms with E-state index in [-0.39, 0.29) is 11.2 Å². The van der Waals surface area contributed by atoms with Crippen LogP contribution in [0.2, 0.25) is 0 Å². The van der Waals surface area contributed by atoms with Gasteiger partial charge in [-0.25, -0.2) is 9.17 Å². The fourth-order valence-electron chi connectivity index (χ4n) is 4.25. The van der Waals surface area contributed by atoms with Gasteiger partial charge in [0.25, 0.3) is 0 Å². The summed E-state index contributed by atoms with van der Waals surface area (Å²) in [5, 5.41) is 11.3. The van der Waals surface area contributed by atoms with E-state index in [2.05, 4.69) is 24.3 Å². The molecule has 28 heavy (non-hydrogen) atoms. The van der Waals surface area contributed by atoms with Crippen molar-refractivity contribution in [2.75, 3.05) is 0 Å². The van der Waals surface area contributed by atoms with Crippen LogP contribution in [0.1, 0.15) is 35.3 Å². The number of pyridine rings is 1. The number of fused-ring (bicyclic) bond motifs is 5. The van der Waals surface area contributed by atoms with E-state index in [9.17, 15) is 14.7 Å². The first-order valence-corrected chi connectivity index (χ1v) is 9.93. The minimum absolute atomic E-state index is 0.194. The van der Waals surface area contributed by atoms with Gasteiger partial charge in [0.2, 0.25) is 0 Å². The van der Waals surface area contributed by atoms with Crippen molar-refractivity contribution >= 4 is 17.5 Å². The Labute approximate surface area is 165 Å². The Bertz CT molecular complexity index is 1190. The number of hydrogen-bond donors (Lipinski definition) is 1. The molecular formula is C21H18N2O4S.